The van der Waals surface area contributed by atoms with Crippen molar-refractivity contribution in [1.29, 1.82) is 0 Å². The van der Waals surface area contributed by atoms with Gasteiger partial charge in [0.05, 0.1) is 4.90 Å². The van der Waals surface area contributed by atoms with Gasteiger partial charge in [-0.05, 0) is 18.9 Å². The Morgan fingerprint density at radius 1 is 1.44 bits per heavy atom. The SMILES string of the molecule is CCC(CC)N(C)S(=O)(=O)c1ccnc(NN)c1. The Labute approximate surface area is 108 Å². The lowest BCUT2D eigenvalue weighted by atomic mass is 10.2. The summed E-state index contributed by atoms with van der Waals surface area (Å²) in [5.41, 5.74) is 2.34. The van der Waals surface area contributed by atoms with Crippen LogP contribution in [-0.2, 0) is 10.0 Å². The van der Waals surface area contributed by atoms with E-state index < -0.39 is 10.0 Å². The van der Waals surface area contributed by atoms with Gasteiger partial charge in [-0.3, -0.25) is 0 Å². The molecular formula is C11H20N4O2S. The molecule has 0 bridgehead atoms. The van der Waals surface area contributed by atoms with Crippen LogP contribution in [0.15, 0.2) is 23.2 Å². The smallest absolute Gasteiger partial charge is 0.243 e. The zero-order valence-electron chi connectivity index (χ0n) is 10.9. The van der Waals surface area contributed by atoms with E-state index in [1.165, 1.54) is 22.6 Å². The number of hydrazine groups is 1. The Morgan fingerprint density at radius 2 is 2.06 bits per heavy atom. The molecule has 0 spiro atoms. The second-order valence-electron chi connectivity index (χ2n) is 4.01. The number of aromatic nitrogens is 1. The maximum Gasteiger partial charge on any atom is 0.243 e. The summed E-state index contributed by atoms with van der Waals surface area (Å²) in [6.45, 7) is 3.94. The molecule has 0 saturated carbocycles. The second-order valence-corrected chi connectivity index (χ2v) is 6.01. The van der Waals surface area contributed by atoms with Crippen molar-refractivity contribution in [2.24, 2.45) is 5.84 Å². The normalized spacial score (nSPS) is 12.1. The van der Waals surface area contributed by atoms with Crippen molar-refractivity contribution in [2.75, 3.05) is 12.5 Å². The molecule has 0 aliphatic rings. The average molecular weight is 272 g/mol. The molecule has 0 radical (unpaired) electrons. The Bertz CT molecular complexity index is 486. The Morgan fingerprint density at radius 3 is 2.56 bits per heavy atom. The Hall–Kier alpha value is -1.18. The van der Waals surface area contributed by atoms with Gasteiger partial charge in [0.2, 0.25) is 10.0 Å². The predicted molar refractivity (Wildman–Crippen MR) is 71.4 cm³/mol. The summed E-state index contributed by atoms with van der Waals surface area (Å²) in [5.74, 6) is 5.56. The predicted octanol–water partition coefficient (Wildman–Crippen LogP) is 1.18. The lowest BCUT2D eigenvalue weighted by Gasteiger charge is -2.25. The molecule has 3 N–H and O–H groups in total. The van der Waals surface area contributed by atoms with E-state index in [0.717, 1.165) is 12.8 Å². The van der Waals surface area contributed by atoms with Crippen molar-refractivity contribution in [3.05, 3.63) is 18.3 Å². The second kappa shape index (κ2) is 6.12. The van der Waals surface area contributed by atoms with E-state index in [1.807, 2.05) is 13.8 Å². The largest absolute Gasteiger partial charge is 0.308 e. The first kappa shape index (κ1) is 14.9. The third-order valence-electron chi connectivity index (χ3n) is 3.01. The summed E-state index contributed by atoms with van der Waals surface area (Å²) in [5, 5.41) is 0. The number of hydrogen-bond donors (Lipinski definition) is 2. The molecule has 0 aliphatic heterocycles. The van der Waals surface area contributed by atoms with Gasteiger partial charge in [0.15, 0.2) is 0 Å². The number of nitrogen functional groups attached to an aromatic ring is 1. The minimum absolute atomic E-state index is 0.00236. The highest BCUT2D eigenvalue weighted by atomic mass is 32.2. The number of nitrogens with two attached hydrogens (primary N) is 1. The van der Waals surface area contributed by atoms with E-state index in [4.69, 9.17) is 5.84 Å². The monoisotopic (exact) mass is 272 g/mol. The van der Waals surface area contributed by atoms with Crippen molar-refractivity contribution in [2.45, 2.75) is 37.6 Å². The van der Waals surface area contributed by atoms with Crippen LogP contribution in [0, 0.1) is 0 Å². The number of anilines is 1. The zero-order chi connectivity index (χ0) is 13.8. The topological polar surface area (TPSA) is 88.3 Å². The van der Waals surface area contributed by atoms with E-state index in [9.17, 15) is 8.42 Å². The molecule has 6 nitrogen and oxygen atoms in total. The van der Waals surface area contributed by atoms with E-state index in [1.54, 1.807) is 7.05 Å². The number of nitrogens with zero attached hydrogens (tertiary/aromatic N) is 2. The number of sulfonamides is 1. The maximum absolute atomic E-state index is 12.4. The van der Waals surface area contributed by atoms with Crippen molar-refractivity contribution < 1.29 is 8.42 Å². The first-order valence-corrected chi connectivity index (χ1v) is 7.32. The first-order valence-electron chi connectivity index (χ1n) is 5.88. The molecule has 1 aromatic heterocycles. The van der Waals surface area contributed by atoms with E-state index in [-0.39, 0.29) is 10.9 Å². The highest BCUT2D eigenvalue weighted by molar-refractivity contribution is 7.89. The van der Waals surface area contributed by atoms with Crippen LogP contribution in [-0.4, -0.2) is 30.8 Å². The van der Waals surface area contributed by atoms with Crippen LogP contribution in [0.5, 0.6) is 0 Å². The van der Waals surface area contributed by atoms with Gasteiger partial charge in [0, 0.05) is 25.4 Å². The molecular weight excluding hydrogens is 252 g/mol. The zero-order valence-corrected chi connectivity index (χ0v) is 11.7. The van der Waals surface area contributed by atoms with Crippen LogP contribution in [0.25, 0.3) is 0 Å². The molecule has 0 atom stereocenters. The van der Waals surface area contributed by atoms with Crippen LogP contribution in [0.4, 0.5) is 5.82 Å². The quantitative estimate of drug-likeness (QED) is 0.599. The van der Waals surface area contributed by atoms with Gasteiger partial charge in [-0.25, -0.2) is 19.2 Å². The summed E-state index contributed by atoms with van der Waals surface area (Å²) < 4.78 is 26.2. The molecule has 18 heavy (non-hydrogen) atoms. The van der Waals surface area contributed by atoms with Crippen LogP contribution in [0.2, 0.25) is 0 Å². The van der Waals surface area contributed by atoms with Gasteiger partial charge in [0.25, 0.3) is 0 Å². The fourth-order valence-electron chi connectivity index (χ4n) is 1.82. The van der Waals surface area contributed by atoms with E-state index >= 15 is 0 Å². The molecule has 0 saturated heterocycles. The van der Waals surface area contributed by atoms with Gasteiger partial charge >= 0.3 is 0 Å². The molecule has 1 heterocycles. The minimum Gasteiger partial charge on any atom is -0.308 e. The Balaban J connectivity index is 3.12. The standard InChI is InChI=1S/C11H20N4O2S/c1-4-9(5-2)15(3)18(16,17)10-6-7-13-11(8-10)14-12/h6-9H,4-5,12H2,1-3H3,(H,13,14). The lowest BCUT2D eigenvalue weighted by molar-refractivity contribution is 0.349. The third-order valence-corrected chi connectivity index (χ3v) is 4.92. The molecule has 7 heteroatoms. The summed E-state index contributed by atoms with van der Waals surface area (Å²) in [6, 6.07) is 2.89. The lowest BCUT2D eigenvalue weighted by Crippen LogP contribution is -2.36. The number of rotatable bonds is 6. The van der Waals surface area contributed by atoms with Gasteiger partial charge in [-0.1, -0.05) is 13.8 Å². The van der Waals surface area contributed by atoms with Crippen LogP contribution in [0.1, 0.15) is 26.7 Å². The number of nitrogens with one attached hydrogen (secondary N) is 1. The molecule has 0 aliphatic carbocycles. The van der Waals surface area contributed by atoms with Gasteiger partial charge < -0.3 is 5.43 Å². The minimum atomic E-state index is -3.50. The highest BCUT2D eigenvalue weighted by Crippen LogP contribution is 2.20. The molecule has 1 rings (SSSR count). The summed E-state index contributed by atoms with van der Waals surface area (Å²) in [7, 11) is -1.90. The molecule has 102 valence electrons. The molecule has 0 amide bonds. The van der Waals surface area contributed by atoms with E-state index in [0.29, 0.717) is 5.82 Å². The number of hydrogen-bond acceptors (Lipinski definition) is 5. The fraction of sp³-hybridized carbons (Fsp3) is 0.545. The fourth-order valence-corrected chi connectivity index (χ4v) is 3.33. The van der Waals surface area contributed by atoms with Gasteiger partial charge in [0.1, 0.15) is 5.82 Å². The van der Waals surface area contributed by atoms with Crippen molar-refractivity contribution in [3.63, 3.8) is 0 Å². The van der Waals surface area contributed by atoms with Gasteiger partial charge in [-0.2, -0.15) is 4.31 Å². The molecule has 0 unspecified atom stereocenters. The van der Waals surface area contributed by atoms with Crippen LogP contribution in [0.3, 0.4) is 0 Å². The van der Waals surface area contributed by atoms with Crippen molar-refractivity contribution in [3.8, 4) is 0 Å². The van der Waals surface area contributed by atoms with Gasteiger partial charge in [-0.15, -0.1) is 0 Å². The van der Waals surface area contributed by atoms with E-state index in [2.05, 4.69) is 10.4 Å². The Kier molecular flexibility index (Phi) is 5.06. The molecule has 0 aromatic carbocycles. The molecule has 0 fully saturated rings. The summed E-state index contributed by atoms with van der Waals surface area (Å²) >= 11 is 0. The van der Waals surface area contributed by atoms with Crippen molar-refractivity contribution in [1.82, 2.24) is 9.29 Å². The maximum atomic E-state index is 12.4. The average Bonchev–Trinajstić information content (AvgIpc) is 2.40. The highest BCUT2D eigenvalue weighted by Gasteiger charge is 2.26. The van der Waals surface area contributed by atoms with Crippen LogP contribution < -0.4 is 11.3 Å². The summed E-state index contributed by atoms with van der Waals surface area (Å²) in [6.07, 6.45) is 2.97. The number of pyridine rings is 1. The van der Waals surface area contributed by atoms with Crippen LogP contribution >= 0.6 is 0 Å². The van der Waals surface area contributed by atoms with Crippen molar-refractivity contribution >= 4 is 15.8 Å². The molecule has 1 aromatic rings. The summed E-state index contributed by atoms with van der Waals surface area (Å²) in [4.78, 5) is 4.09. The first-order chi connectivity index (χ1) is 8.47. The third kappa shape index (κ3) is 2.98.